The Hall–Kier alpha value is -1.71. The molecule has 1 aliphatic heterocycles. The van der Waals surface area contributed by atoms with Gasteiger partial charge in [0.25, 0.3) is 0 Å². The molecule has 98 valence electrons. The van der Waals surface area contributed by atoms with Gasteiger partial charge in [-0.2, -0.15) is 0 Å². The molecule has 1 aromatic carbocycles. The van der Waals surface area contributed by atoms with Gasteiger partial charge in [0.05, 0.1) is 20.1 Å². The van der Waals surface area contributed by atoms with Gasteiger partial charge in [0.2, 0.25) is 0 Å². The van der Waals surface area contributed by atoms with E-state index in [1.54, 1.807) is 14.2 Å². The van der Waals surface area contributed by atoms with Crippen LogP contribution in [0.5, 0.6) is 11.5 Å². The summed E-state index contributed by atoms with van der Waals surface area (Å²) in [5.74, 6) is 2.77. The van der Waals surface area contributed by atoms with Gasteiger partial charge in [-0.15, -0.1) is 0 Å². The normalized spacial score (nSPS) is 14.9. The molecule has 18 heavy (non-hydrogen) atoms. The number of rotatable bonds is 4. The van der Waals surface area contributed by atoms with Crippen molar-refractivity contribution < 1.29 is 9.47 Å². The third kappa shape index (κ3) is 3.15. The highest BCUT2D eigenvalue weighted by Crippen LogP contribution is 2.24. The van der Waals surface area contributed by atoms with Crippen molar-refractivity contribution in [1.82, 2.24) is 5.32 Å². The predicted octanol–water partition coefficient (Wildman–Crippen LogP) is 2.38. The second kappa shape index (κ2) is 6.28. The minimum atomic E-state index is 0.742. The van der Waals surface area contributed by atoms with Gasteiger partial charge in [0.15, 0.2) is 0 Å². The van der Waals surface area contributed by atoms with E-state index in [2.05, 4.69) is 10.3 Å². The molecule has 0 aliphatic carbocycles. The minimum absolute atomic E-state index is 0.742. The van der Waals surface area contributed by atoms with Gasteiger partial charge >= 0.3 is 0 Å². The van der Waals surface area contributed by atoms with Crippen molar-refractivity contribution in [3.05, 3.63) is 23.8 Å². The van der Waals surface area contributed by atoms with Gasteiger partial charge in [-0.3, -0.25) is 4.99 Å². The van der Waals surface area contributed by atoms with Crippen molar-refractivity contribution in [3.8, 4) is 11.5 Å². The number of hydrogen-bond donors (Lipinski definition) is 1. The van der Waals surface area contributed by atoms with Crippen LogP contribution in [0.2, 0.25) is 0 Å². The monoisotopic (exact) mass is 248 g/mol. The molecule has 1 aliphatic rings. The molecule has 0 saturated carbocycles. The molecule has 0 fully saturated rings. The molecule has 0 saturated heterocycles. The molecule has 0 aromatic heterocycles. The van der Waals surface area contributed by atoms with E-state index in [1.807, 2.05) is 18.2 Å². The highest BCUT2D eigenvalue weighted by Gasteiger charge is 2.08. The average molecular weight is 248 g/mol. The molecule has 4 nitrogen and oxygen atoms in total. The number of nitrogens with one attached hydrogen (secondary N) is 1. The standard InChI is InChI=1S/C14H20N2O2/c1-17-12-7-6-11(13(9-12)18-2)10-16-14-5-3-4-8-15-14/h6-7,9H,3-5,8,10H2,1-2H3,(H,15,16). The summed E-state index contributed by atoms with van der Waals surface area (Å²) in [6.45, 7) is 1.69. The van der Waals surface area contributed by atoms with Crippen molar-refractivity contribution in [1.29, 1.82) is 0 Å². The largest absolute Gasteiger partial charge is 0.497 e. The zero-order valence-electron chi connectivity index (χ0n) is 11.0. The first-order valence-electron chi connectivity index (χ1n) is 6.31. The Morgan fingerprint density at radius 1 is 1.22 bits per heavy atom. The van der Waals surface area contributed by atoms with E-state index in [0.29, 0.717) is 0 Å². The summed E-state index contributed by atoms with van der Waals surface area (Å²) in [5, 5.41) is 3.38. The van der Waals surface area contributed by atoms with Gasteiger partial charge in [0.1, 0.15) is 11.5 Å². The summed E-state index contributed by atoms with van der Waals surface area (Å²) in [6, 6.07) is 5.87. The number of ether oxygens (including phenoxy) is 2. The maximum Gasteiger partial charge on any atom is 0.127 e. The summed E-state index contributed by atoms with van der Waals surface area (Å²) in [6.07, 6.45) is 3.49. The van der Waals surface area contributed by atoms with Crippen LogP contribution in [0.4, 0.5) is 0 Å². The molecule has 2 rings (SSSR count). The predicted molar refractivity (Wildman–Crippen MR) is 72.5 cm³/mol. The van der Waals surface area contributed by atoms with Crippen LogP contribution in [0.25, 0.3) is 0 Å². The number of amidine groups is 1. The van der Waals surface area contributed by atoms with E-state index < -0.39 is 0 Å². The molecular formula is C14H20N2O2. The number of methoxy groups -OCH3 is 2. The van der Waals surface area contributed by atoms with Crippen LogP contribution in [-0.2, 0) is 6.54 Å². The Morgan fingerprint density at radius 3 is 2.78 bits per heavy atom. The summed E-state index contributed by atoms with van der Waals surface area (Å²) >= 11 is 0. The maximum atomic E-state index is 5.37. The lowest BCUT2D eigenvalue weighted by molar-refractivity contribution is 0.390. The third-order valence-corrected chi connectivity index (χ3v) is 3.10. The molecule has 4 heteroatoms. The topological polar surface area (TPSA) is 42.8 Å². The van der Waals surface area contributed by atoms with Crippen molar-refractivity contribution in [2.24, 2.45) is 4.99 Å². The first kappa shape index (κ1) is 12.7. The van der Waals surface area contributed by atoms with Crippen LogP contribution in [0, 0.1) is 0 Å². The quantitative estimate of drug-likeness (QED) is 0.889. The smallest absolute Gasteiger partial charge is 0.127 e. The molecule has 1 aromatic rings. The van der Waals surface area contributed by atoms with E-state index in [0.717, 1.165) is 42.4 Å². The molecule has 0 amide bonds. The van der Waals surface area contributed by atoms with Crippen LogP contribution in [-0.4, -0.2) is 26.6 Å². The first-order chi connectivity index (χ1) is 8.83. The number of nitrogens with zero attached hydrogens (tertiary/aromatic N) is 1. The van der Waals surface area contributed by atoms with Gasteiger partial charge in [-0.05, 0) is 25.0 Å². The zero-order chi connectivity index (χ0) is 12.8. The Kier molecular flexibility index (Phi) is 4.45. The highest BCUT2D eigenvalue weighted by atomic mass is 16.5. The molecule has 0 spiro atoms. The van der Waals surface area contributed by atoms with Gasteiger partial charge in [-0.1, -0.05) is 0 Å². The zero-order valence-corrected chi connectivity index (χ0v) is 11.0. The second-order valence-corrected chi connectivity index (χ2v) is 4.32. The minimum Gasteiger partial charge on any atom is -0.497 e. The fourth-order valence-electron chi connectivity index (χ4n) is 2.04. The van der Waals surface area contributed by atoms with Crippen molar-refractivity contribution in [2.75, 3.05) is 20.8 Å². The van der Waals surface area contributed by atoms with Gasteiger partial charge < -0.3 is 14.8 Å². The van der Waals surface area contributed by atoms with Crippen LogP contribution in [0.3, 0.4) is 0 Å². The summed E-state index contributed by atoms with van der Waals surface area (Å²) < 4.78 is 10.5. The highest BCUT2D eigenvalue weighted by molar-refractivity contribution is 5.82. The SMILES string of the molecule is COc1ccc(CNC2=NCCCC2)c(OC)c1. The van der Waals surface area contributed by atoms with E-state index in [-0.39, 0.29) is 0 Å². The number of hydrogen-bond acceptors (Lipinski definition) is 4. The Bertz CT molecular complexity index is 430. The van der Waals surface area contributed by atoms with Crippen molar-refractivity contribution in [3.63, 3.8) is 0 Å². The fourth-order valence-corrected chi connectivity index (χ4v) is 2.04. The second-order valence-electron chi connectivity index (χ2n) is 4.32. The van der Waals surface area contributed by atoms with E-state index >= 15 is 0 Å². The molecule has 1 heterocycles. The van der Waals surface area contributed by atoms with Crippen LogP contribution in [0.15, 0.2) is 23.2 Å². The number of benzene rings is 1. The lowest BCUT2D eigenvalue weighted by Crippen LogP contribution is -2.25. The van der Waals surface area contributed by atoms with Crippen molar-refractivity contribution >= 4 is 5.84 Å². The summed E-state index contributed by atoms with van der Waals surface area (Å²) in [5.41, 5.74) is 1.12. The van der Waals surface area contributed by atoms with Crippen LogP contribution >= 0.6 is 0 Å². The van der Waals surface area contributed by atoms with Crippen molar-refractivity contribution in [2.45, 2.75) is 25.8 Å². The first-order valence-corrected chi connectivity index (χ1v) is 6.31. The molecule has 0 bridgehead atoms. The van der Waals surface area contributed by atoms with E-state index in [4.69, 9.17) is 9.47 Å². The van der Waals surface area contributed by atoms with Crippen LogP contribution in [0.1, 0.15) is 24.8 Å². The Balaban J connectivity index is 2.01. The van der Waals surface area contributed by atoms with E-state index in [9.17, 15) is 0 Å². The molecular weight excluding hydrogens is 228 g/mol. The van der Waals surface area contributed by atoms with E-state index in [1.165, 1.54) is 12.8 Å². The third-order valence-electron chi connectivity index (χ3n) is 3.10. The molecule has 0 unspecified atom stereocenters. The Morgan fingerprint density at radius 2 is 2.11 bits per heavy atom. The summed E-state index contributed by atoms with van der Waals surface area (Å²) in [4.78, 5) is 4.47. The van der Waals surface area contributed by atoms with Crippen LogP contribution < -0.4 is 14.8 Å². The molecule has 0 atom stereocenters. The average Bonchev–Trinajstić information content (AvgIpc) is 2.46. The lowest BCUT2D eigenvalue weighted by atomic mass is 10.1. The molecule has 1 N–H and O–H groups in total. The number of aliphatic imine (C=N–C) groups is 1. The molecule has 0 radical (unpaired) electrons. The Labute approximate surface area is 108 Å². The maximum absolute atomic E-state index is 5.37. The summed E-state index contributed by atoms with van der Waals surface area (Å²) in [7, 11) is 3.33. The fraction of sp³-hybridized carbons (Fsp3) is 0.500. The lowest BCUT2D eigenvalue weighted by Gasteiger charge is -2.15. The van der Waals surface area contributed by atoms with Gasteiger partial charge in [-0.25, -0.2) is 0 Å². The van der Waals surface area contributed by atoms with Gasteiger partial charge in [0, 0.05) is 31.1 Å².